The number of ketones is 1. The van der Waals surface area contributed by atoms with Crippen molar-refractivity contribution in [2.24, 2.45) is 0 Å². The van der Waals surface area contributed by atoms with Crippen molar-refractivity contribution in [1.29, 1.82) is 0 Å². The van der Waals surface area contributed by atoms with Gasteiger partial charge in [0, 0.05) is 13.8 Å². The van der Waals surface area contributed by atoms with Crippen LogP contribution in [0.5, 0.6) is 0 Å². The Morgan fingerprint density at radius 3 is 2.15 bits per heavy atom. The molecule has 74 valence electrons. The van der Waals surface area contributed by atoms with E-state index in [2.05, 4.69) is 0 Å². The number of hydroxylamine groups is 1. The van der Waals surface area contributed by atoms with Gasteiger partial charge in [0.2, 0.25) is 5.78 Å². The zero-order chi connectivity index (χ0) is 10.4. The summed E-state index contributed by atoms with van der Waals surface area (Å²) in [5.41, 5.74) is -2.09. The summed E-state index contributed by atoms with van der Waals surface area (Å²) in [6.07, 6.45) is 0.176. The molecule has 0 fully saturated rings. The Kier molecular flexibility index (Phi) is 1.99. The molecule has 1 aliphatic rings. The Labute approximate surface area is 77.5 Å². The monoisotopic (exact) mass is 185 g/mol. The van der Waals surface area contributed by atoms with Crippen LogP contribution in [-0.2, 0) is 4.79 Å². The van der Waals surface area contributed by atoms with Gasteiger partial charge in [0.15, 0.2) is 5.54 Å². The summed E-state index contributed by atoms with van der Waals surface area (Å²) in [5, 5.41) is 21.2. The van der Waals surface area contributed by atoms with E-state index in [9.17, 15) is 15.1 Å². The molecule has 1 heterocycles. The summed E-state index contributed by atoms with van der Waals surface area (Å²) in [4.78, 5) is 11.4. The van der Waals surface area contributed by atoms with Crippen LogP contribution < -0.4 is 0 Å². The van der Waals surface area contributed by atoms with Crippen LogP contribution >= 0.6 is 0 Å². The number of hydrogen-bond acceptors (Lipinski definition) is 3. The van der Waals surface area contributed by atoms with Crippen LogP contribution in [0.4, 0.5) is 0 Å². The topological polar surface area (TPSA) is 63.4 Å². The summed E-state index contributed by atoms with van der Waals surface area (Å²) in [6.45, 7) is 6.28. The van der Waals surface area contributed by atoms with Gasteiger partial charge in [-0.05, 0) is 13.8 Å². The molecule has 0 atom stereocenters. The lowest BCUT2D eigenvalue weighted by atomic mass is 9.96. The summed E-state index contributed by atoms with van der Waals surface area (Å²) >= 11 is 0. The number of aliphatic hydroxyl groups is 1. The smallest absolute Gasteiger partial charge is 0.262 e. The van der Waals surface area contributed by atoms with Gasteiger partial charge in [0.25, 0.3) is 5.71 Å². The summed E-state index contributed by atoms with van der Waals surface area (Å²) in [5.74, 6) is -0.257. The van der Waals surface area contributed by atoms with Crippen molar-refractivity contribution < 1.29 is 14.6 Å². The van der Waals surface area contributed by atoms with Gasteiger partial charge >= 0.3 is 0 Å². The van der Waals surface area contributed by atoms with Crippen molar-refractivity contribution in [3.63, 3.8) is 0 Å². The zero-order valence-electron chi connectivity index (χ0n) is 8.42. The quantitative estimate of drug-likeness (QED) is 0.477. The third-order valence-corrected chi connectivity index (χ3v) is 2.19. The Bertz CT molecular complexity index is 284. The van der Waals surface area contributed by atoms with Crippen LogP contribution in [0, 0.1) is 5.21 Å². The predicted octanol–water partition coefficient (Wildman–Crippen LogP) is 0.460. The number of nitrogens with zero attached hydrogens (tertiary/aromatic N) is 1. The first-order valence-electron chi connectivity index (χ1n) is 4.26. The first-order valence-corrected chi connectivity index (χ1v) is 4.26. The molecule has 0 saturated heterocycles. The molecule has 4 heteroatoms. The molecule has 13 heavy (non-hydrogen) atoms. The van der Waals surface area contributed by atoms with E-state index in [0.29, 0.717) is 4.74 Å². The fourth-order valence-corrected chi connectivity index (χ4v) is 1.55. The van der Waals surface area contributed by atoms with Crippen molar-refractivity contribution in [3.05, 3.63) is 5.21 Å². The molecule has 0 unspecified atom stereocenters. The predicted molar refractivity (Wildman–Crippen MR) is 48.6 cm³/mol. The second kappa shape index (κ2) is 2.54. The number of Topliss-reactive ketones (excluding diaryl/α,β-unsaturated/α-hetero) is 1. The van der Waals surface area contributed by atoms with E-state index in [1.54, 1.807) is 13.8 Å². The Balaban J connectivity index is 3.22. The number of carbonyl (C=O) groups is 1. The van der Waals surface area contributed by atoms with Crippen LogP contribution in [0.15, 0.2) is 0 Å². The van der Waals surface area contributed by atoms with Gasteiger partial charge in [-0.3, -0.25) is 4.79 Å². The Morgan fingerprint density at radius 2 is 2.00 bits per heavy atom. The average molecular weight is 185 g/mol. The highest BCUT2D eigenvalue weighted by molar-refractivity contribution is 6.41. The highest BCUT2D eigenvalue weighted by atomic mass is 16.5. The van der Waals surface area contributed by atoms with Crippen molar-refractivity contribution in [1.82, 2.24) is 0 Å². The van der Waals surface area contributed by atoms with E-state index < -0.39 is 11.1 Å². The summed E-state index contributed by atoms with van der Waals surface area (Å²) in [7, 11) is 0. The maximum atomic E-state index is 11.6. The highest BCUT2D eigenvalue weighted by Crippen LogP contribution is 2.25. The van der Waals surface area contributed by atoms with Gasteiger partial charge in [-0.2, -0.15) is 4.74 Å². The van der Waals surface area contributed by atoms with Crippen LogP contribution in [0.3, 0.4) is 0 Å². The van der Waals surface area contributed by atoms with Crippen molar-refractivity contribution in [3.8, 4) is 0 Å². The molecule has 0 aromatic carbocycles. The van der Waals surface area contributed by atoms with Crippen molar-refractivity contribution in [2.45, 2.75) is 45.3 Å². The Morgan fingerprint density at radius 1 is 1.54 bits per heavy atom. The van der Waals surface area contributed by atoms with E-state index in [1.807, 2.05) is 0 Å². The number of carbonyl (C=O) groups excluding carboxylic acids is 1. The van der Waals surface area contributed by atoms with Gasteiger partial charge in [-0.15, -0.1) is 0 Å². The van der Waals surface area contributed by atoms with Gasteiger partial charge < -0.3 is 10.3 Å². The molecule has 0 saturated carbocycles. The first kappa shape index (κ1) is 10.2. The molecule has 0 aromatic heterocycles. The fourth-order valence-electron chi connectivity index (χ4n) is 1.55. The summed E-state index contributed by atoms with van der Waals surface area (Å²) in [6, 6.07) is 0. The molecule has 1 N–H and O–H groups in total. The van der Waals surface area contributed by atoms with Gasteiger partial charge in [0.1, 0.15) is 5.60 Å². The molecule has 0 aliphatic carbocycles. The molecule has 4 nitrogen and oxygen atoms in total. The first-order chi connectivity index (χ1) is 5.66. The molecule has 0 spiro atoms. The average Bonchev–Trinajstić information content (AvgIpc) is 1.99. The molecular formula is C9H15NO3. The molecular weight excluding hydrogens is 170 g/mol. The van der Waals surface area contributed by atoms with E-state index in [4.69, 9.17) is 0 Å². The molecule has 0 amide bonds. The second-order valence-corrected chi connectivity index (χ2v) is 4.61. The van der Waals surface area contributed by atoms with E-state index in [-0.39, 0.29) is 17.9 Å². The largest absolute Gasteiger partial charge is 0.623 e. The minimum atomic E-state index is -1.34. The van der Waals surface area contributed by atoms with Gasteiger partial charge in [-0.25, -0.2) is 0 Å². The minimum absolute atomic E-state index is 0.0301. The molecule has 1 aliphatic heterocycles. The van der Waals surface area contributed by atoms with E-state index >= 15 is 0 Å². The lowest BCUT2D eigenvalue weighted by Crippen LogP contribution is -2.40. The normalized spacial score (nSPS) is 22.7. The third-order valence-electron chi connectivity index (χ3n) is 2.19. The van der Waals surface area contributed by atoms with Gasteiger partial charge in [-0.1, -0.05) is 0 Å². The minimum Gasteiger partial charge on any atom is -0.623 e. The molecule has 0 radical (unpaired) electrons. The molecule has 1 rings (SSSR count). The van der Waals surface area contributed by atoms with Crippen LogP contribution in [0.25, 0.3) is 0 Å². The van der Waals surface area contributed by atoms with Crippen LogP contribution in [0.2, 0.25) is 0 Å². The van der Waals surface area contributed by atoms with Gasteiger partial charge in [0.05, 0.1) is 6.42 Å². The van der Waals surface area contributed by atoms with Crippen LogP contribution in [0.1, 0.15) is 34.1 Å². The van der Waals surface area contributed by atoms with Crippen molar-refractivity contribution in [2.75, 3.05) is 0 Å². The fraction of sp³-hybridized carbons (Fsp3) is 0.778. The SMILES string of the molecule is CC(C)(O)C1=[N+]([O-])C(C)(C)CC1=O. The zero-order valence-corrected chi connectivity index (χ0v) is 8.42. The standard InChI is InChI=1S/C9H15NO3/c1-8(2)5-6(11)7(10(8)13)9(3,4)12/h12H,5H2,1-4H3. The van der Waals surface area contributed by atoms with Crippen molar-refractivity contribution >= 4 is 11.5 Å². The highest BCUT2D eigenvalue weighted by Gasteiger charge is 2.49. The third kappa shape index (κ3) is 1.58. The maximum absolute atomic E-state index is 11.6. The lowest BCUT2D eigenvalue weighted by molar-refractivity contribution is -0.534. The van der Waals surface area contributed by atoms with E-state index in [0.717, 1.165) is 0 Å². The lowest BCUT2D eigenvalue weighted by Gasteiger charge is -2.20. The van der Waals surface area contributed by atoms with Crippen LogP contribution in [-0.4, -0.2) is 32.5 Å². The second-order valence-electron chi connectivity index (χ2n) is 4.61. The molecule has 0 bridgehead atoms. The Hall–Kier alpha value is -0.900. The summed E-state index contributed by atoms with van der Waals surface area (Å²) < 4.78 is 0.634. The number of hydrogen-bond donors (Lipinski definition) is 1. The number of rotatable bonds is 1. The molecule has 0 aromatic rings. The maximum Gasteiger partial charge on any atom is 0.262 e. The van der Waals surface area contributed by atoms with E-state index in [1.165, 1.54) is 13.8 Å².